The summed E-state index contributed by atoms with van der Waals surface area (Å²) in [4.78, 5) is 15.3. The van der Waals surface area contributed by atoms with Gasteiger partial charge in [0, 0.05) is 32.7 Å². The smallest absolute Gasteiger partial charge is 0.252 e. The van der Waals surface area contributed by atoms with Crippen LogP contribution >= 0.6 is 11.6 Å². The number of carbonyl (C=O) groups is 1. The van der Waals surface area contributed by atoms with Crippen LogP contribution in [0.3, 0.4) is 0 Å². The SMILES string of the molecule is O=C(NCC(c1ccc(F)cc1)N1CCOCC1)c1cc(S(=O)(=O)N2CCCC2)ccc1Cl. The standard InChI is InChI=1S/C23H27ClFN3O4S/c24-21-8-7-19(33(30,31)28-9-1-2-10-28)15-20(21)23(29)26-16-22(27-11-13-32-14-12-27)17-3-5-18(25)6-4-17/h3-8,15,22H,1-2,9-14,16H2,(H,26,29). The van der Waals surface area contributed by atoms with Crippen molar-refractivity contribution in [2.24, 2.45) is 0 Å². The van der Waals surface area contributed by atoms with Gasteiger partial charge in [-0.25, -0.2) is 12.8 Å². The van der Waals surface area contributed by atoms with Gasteiger partial charge in [0.05, 0.1) is 34.7 Å². The fourth-order valence-electron chi connectivity index (χ4n) is 4.23. The van der Waals surface area contributed by atoms with Gasteiger partial charge in [0.25, 0.3) is 5.91 Å². The van der Waals surface area contributed by atoms with Crippen LogP contribution in [0, 0.1) is 5.82 Å². The molecular formula is C23H27ClFN3O4S. The highest BCUT2D eigenvalue weighted by atomic mass is 35.5. The Labute approximate surface area is 198 Å². The summed E-state index contributed by atoms with van der Waals surface area (Å²) >= 11 is 6.26. The Morgan fingerprint density at radius 3 is 2.39 bits per heavy atom. The summed E-state index contributed by atoms with van der Waals surface area (Å²) in [6.45, 7) is 3.73. The van der Waals surface area contributed by atoms with Crippen molar-refractivity contribution in [3.05, 3.63) is 64.4 Å². The van der Waals surface area contributed by atoms with Gasteiger partial charge < -0.3 is 10.1 Å². The average Bonchev–Trinajstić information content (AvgIpc) is 3.37. The number of hydrogen-bond acceptors (Lipinski definition) is 5. The van der Waals surface area contributed by atoms with E-state index in [9.17, 15) is 17.6 Å². The van der Waals surface area contributed by atoms with Crippen molar-refractivity contribution in [3.8, 4) is 0 Å². The molecule has 0 radical (unpaired) electrons. The molecule has 0 spiro atoms. The van der Waals surface area contributed by atoms with Crippen LogP contribution in [0.1, 0.15) is 34.8 Å². The van der Waals surface area contributed by atoms with Crippen molar-refractivity contribution < 1.29 is 22.3 Å². The van der Waals surface area contributed by atoms with E-state index in [0.29, 0.717) is 39.4 Å². The van der Waals surface area contributed by atoms with Crippen molar-refractivity contribution in [2.75, 3.05) is 45.9 Å². The van der Waals surface area contributed by atoms with E-state index in [-0.39, 0.29) is 33.9 Å². The monoisotopic (exact) mass is 495 g/mol. The zero-order chi connectivity index (χ0) is 23.4. The van der Waals surface area contributed by atoms with E-state index in [1.807, 2.05) is 0 Å². The van der Waals surface area contributed by atoms with Gasteiger partial charge in [-0.15, -0.1) is 0 Å². The van der Waals surface area contributed by atoms with Crippen molar-refractivity contribution >= 4 is 27.5 Å². The number of hydrogen-bond donors (Lipinski definition) is 1. The van der Waals surface area contributed by atoms with Gasteiger partial charge in [-0.1, -0.05) is 23.7 Å². The molecule has 7 nitrogen and oxygen atoms in total. The topological polar surface area (TPSA) is 79.0 Å². The molecule has 0 aromatic heterocycles. The molecule has 2 aliphatic rings. The third-order valence-electron chi connectivity index (χ3n) is 6.08. The summed E-state index contributed by atoms with van der Waals surface area (Å²) in [7, 11) is -3.67. The van der Waals surface area contributed by atoms with E-state index in [0.717, 1.165) is 18.4 Å². The molecule has 2 heterocycles. The number of nitrogens with one attached hydrogen (secondary N) is 1. The first-order chi connectivity index (χ1) is 15.9. The highest BCUT2D eigenvalue weighted by Crippen LogP contribution is 2.26. The largest absolute Gasteiger partial charge is 0.379 e. The third-order valence-corrected chi connectivity index (χ3v) is 8.31. The van der Waals surface area contributed by atoms with Gasteiger partial charge in [-0.2, -0.15) is 4.31 Å². The van der Waals surface area contributed by atoms with Gasteiger partial charge in [0.2, 0.25) is 10.0 Å². The molecule has 2 aromatic carbocycles. The number of benzene rings is 2. The normalized spacial score (nSPS) is 18.8. The lowest BCUT2D eigenvalue weighted by molar-refractivity contribution is 0.0162. The Bertz CT molecular complexity index is 1090. The number of amides is 1. The predicted molar refractivity (Wildman–Crippen MR) is 123 cm³/mol. The molecule has 1 atom stereocenters. The minimum Gasteiger partial charge on any atom is -0.379 e. The van der Waals surface area contributed by atoms with Crippen molar-refractivity contribution in [1.29, 1.82) is 0 Å². The maximum Gasteiger partial charge on any atom is 0.252 e. The summed E-state index contributed by atoms with van der Waals surface area (Å²) in [5, 5.41) is 3.07. The highest BCUT2D eigenvalue weighted by molar-refractivity contribution is 7.89. The lowest BCUT2D eigenvalue weighted by Gasteiger charge is -2.35. The second-order valence-corrected chi connectivity index (χ2v) is 10.5. The van der Waals surface area contributed by atoms with Crippen LogP contribution in [-0.4, -0.2) is 69.5 Å². The number of nitrogens with zero attached hydrogens (tertiary/aromatic N) is 2. The first-order valence-electron chi connectivity index (χ1n) is 11.0. The van der Waals surface area contributed by atoms with Crippen LogP contribution in [0.2, 0.25) is 5.02 Å². The van der Waals surface area contributed by atoms with Crippen LogP contribution in [-0.2, 0) is 14.8 Å². The second-order valence-electron chi connectivity index (χ2n) is 8.18. The Morgan fingerprint density at radius 1 is 1.06 bits per heavy atom. The quantitative estimate of drug-likeness (QED) is 0.638. The molecule has 2 saturated heterocycles. The molecule has 2 aliphatic heterocycles. The summed E-state index contributed by atoms with van der Waals surface area (Å²) < 4.78 is 46.1. The molecule has 0 saturated carbocycles. The molecule has 1 unspecified atom stereocenters. The number of ether oxygens (including phenoxy) is 1. The van der Waals surface area contributed by atoms with E-state index in [4.69, 9.17) is 16.3 Å². The van der Waals surface area contributed by atoms with Gasteiger partial charge in [-0.3, -0.25) is 9.69 Å². The molecule has 0 aliphatic carbocycles. The highest BCUT2D eigenvalue weighted by Gasteiger charge is 2.29. The Hall–Kier alpha value is -2.04. The number of sulfonamides is 1. The summed E-state index contributed by atoms with van der Waals surface area (Å²) in [5.41, 5.74) is 0.979. The molecule has 1 amide bonds. The molecule has 2 fully saturated rings. The molecule has 2 aromatic rings. The molecule has 4 rings (SSSR count). The molecule has 33 heavy (non-hydrogen) atoms. The summed E-state index contributed by atoms with van der Waals surface area (Å²) in [6.07, 6.45) is 1.65. The van der Waals surface area contributed by atoms with Gasteiger partial charge in [0.15, 0.2) is 0 Å². The third kappa shape index (κ3) is 5.55. The van der Waals surface area contributed by atoms with E-state index >= 15 is 0 Å². The summed E-state index contributed by atoms with van der Waals surface area (Å²) in [5.74, 6) is -0.787. The average molecular weight is 496 g/mol. The van der Waals surface area contributed by atoms with Gasteiger partial charge in [0.1, 0.15) is 5.82 Å². The first-order valence-corrected chi connectivity index (χ1v) is 12.8. The maximum atomic E-state index is 13.4. The number of halogens is 2. The van der Waals surface area contributed by atoms with Crippen LogP contribution in [0.25, 0.3) is 0 Å². The van der Waals surface area contributed by atoms with Crippen LogP contribution in [0.15, 0.2) is 47.4 Å². The zero-order valence-corrected chi connectivity index (χ0v) is 19.7. The van der Waals surface area contributed by atoms with E-state index in [1.165, 1.54) is 34.6 Å². The predicted octanol–water partition coefficient (Wildman–Crippen LogP) is 3.07. The lowest BCUT2D eigenvalue weighted by Crippen LogP contribution is -2.43. The van der Waals surface area contributed by atoms with E-state index in [1.54, 1.807) is 12.1 Å². The van der Waals surface area contributed by atoms with Crippen LogP contribution in [0.5, 0.6) is 0 Å². The number of morpholine rings is 1. The maximum absolute atomic E-state index is 13.4. The number of carbonyl (C=O) groups excluding carboxylic acids is 1. The molecular weight excluding hydrogens is 469 g/mol. The fraction of sp³-hybridized carbons (Fsp3) is 0.435. The van der Waals surface area contributed by atoms with Crippen molar-refractivity contribution in [1.82, 2.24) is 14.5 Å². The lowest BCUT2D eigenvalue weighted by atomic mass is 10.0. The van der Waals surface area contributed by atoms with Crippen molar-refractivity contribution in [3.63, 3.8) is 0 Å². The molecule has 0 bridgehead atoms. The Balaban J connectivity index is 1.53. The second kappa shape index (κ2) is 10.5. The molecule has 10 heteroatoms. The Kier molecular flexibility index (Phi) is 7.65. The summed E-state index contributed by atoms with van der Waals surface area (Å²) in [6, 6.07) is 10.2. The number of rotatable bonds is 7. The zero-order valence-electron chi connectivity index (χ0n) is 18.2. The molecule has 1 N–H and O–H groups in total. The first kappa shape index (κ1) is 24.1. The Morgan fingerprint density at radius 2 is 1.73 bits per heavy atom. The van der Waals surface area contributed by atoms with E-state index < -0.39 is 15.9 Å². The molecule has 178 valence electrons. The van der Waals surface area contributed by atoms with Crippen LogP contribution < -0.4 is 5.32 Å². The van der Waals surface area contributed by atoms with Gasteiger partial charge in [-0.05, 0) is 48.7 Å². The van der Waals surface area contributed by atoms with Crippen molar-refractivity contribution in [2.45, 2.75) is 23.8 Å². The van der Waals surface area contributed by atoms with E-state index in [2.05, 4.69) is 10.2 Å². The van der Waals surface area contributed by atoms with Crippen LogP contribution in [0.4, 0.5) is 4.39 Å². The fourth-order valence-corrected chi connectivity index (χ4v) is 5.98. The van der Waals surface area contributed by atoms with Gasteiger partial charge >= 0.3 is 0 Å². The minimum atomic E-state index is -3.67. The minimum absolute atomic E-state index is 0.0576.